The van der Waals surface area contributed by atoms with Crippen molar-refractivity contribution in [3.8, 4) is 11.8 Å². The van der Waals surface area contributed by atoms with Gasteiger partial charge < -0.3 is 10.1 Å². The van der Waals surface area contributed by atoms with Crippen LogP contribution in [0.5, 0.6) is 0 Å². The van der Waals surface area contributed by atoms with E-state index in [1.165, 1.54) is 12.4 Å². The maximum absolute atomic E-state index is 10.7. The molecular formula is C11H9N3O3. The molecule has 0 aromatic carbocycles. The minimum Gasteiger partial charge on any atom is -0.395 e. The quantitative estimate of drug-likeness (QED) is 0.461. The van der Waals surface area contributed by atoms with E-state index in [2.05, 4.69) is 21.8 Å². The molecule has 6 nitrogen and oxygen atoms in total. The first-order valence-corrected chi connectivity index (χ1v) is 4.93. The Morgan fingerprint density at radius 1 is 1.59 bits per heavy atom. The van der Waals surface area contributed by atoms with Crippen molar-refractivity contribution in [2.45, 2.75) is 6.42 Å². The molecule has 0 aliphatic heterocycles. The lowest BCUT2D eigenvalue weighted by Crippen LogP contribution is -1.86. The molecule has 0 fully saturated rings. The molecule has 0 radical (unpaired) electrons. The van der Waals surface area contributed by atoms with Gasteiger partial charge in [0, 0.05) is 18.2 Å². The maximum Gasteiger partial charge on any atom is 0.296 e. The second kappa shape index (κ2) is 4.63. The molecule has 0 unspecified atom stereocenters. The van der Waals surface area contributed by atoms with Gasteiger partial charge >= 0.3 is 0 Å². The summed E-state index contributed by atoms with van der Waals surface area (Å²) in [6.07, 6.45) is 3.21. The van der Waals surface area contributed by atoms with Crippen LogP contribution in [-0.4, -0.2) is 26.6 Å². The summed E-state index contributed by atoms with van der Waals surface area (Å²) in [6.45, 7) is -0.00697. The first kappa shape index (κ1) is 11.1. The van der Waals surface area contributed by atoms with Crippen LogP contribution in [0.1, 0.15) is 12.0 Å². The third-order valence-corrected chi connectivity index (χ3v) is 2.18. The van der Waals surface area contributed by atoms with Gasteiger partial charge in [-0.25, -0.2) is 4.98 Å². The first-order chi connectivity index (χ1) is 8.22. The van der Waals surface area contributed by atoms with Gasteiger partial charge in [-0.2, -0.15) is 0 Å². The van der Waals surface area contributed by atoms with Crippen molar-refractivity contribution in [1.29, 1.82) is 0 Å². The standard InChI is InChI=1S/C11H9N3O3/c15-4-2-1-3-8-5-9-10(14(16)17)7-13-11(9)12-6-8/h5-7,15H,2,4H2,(H,12,13). The second-order valence-corrected chi connectivity index (χ2v) is 3.33. The van der Waals surface area contributed by atoms with E-state index in [9.17, 15) is 10.1 Å². The van der Waals surface area contributed by atoms with E-state index in [0.717, 1.165) is 0 Å². The molecule has 0 saturated heterocycles. The number of nitro groups is 1. The van der Waals surface area contributed by atoms with Gasteiger partial charge in [0.25, 0.3) is 5.69 Å². The van der Waals surface area contributed by atoms with Gasteiger partial charge in [0.2, 0.25) is 0 Å². The molecular weight excluding hydrogens is 222 g/mol. The number of H-pyrrole nitrogens is 1. The van der Waals surface area contributed by atoms with Gasteiger partial charge in [0.15, 0.2) is 0 Å². The fourth-order valence-corrected chi connectivity index (χ4v) is 1.43. The Kier molecular flexibility index (Phi) is 3.03. The molecule has 0 amide bonds. The van der Waals surface area contributed by atoms with Crippen molar-refractivity contribution >= 4 is 16.7 Å². The zero-order valence-corrected chi connectivity index (χ0v) is 8.80. The smallest absolute Gasteiger partial charge is 0.296 e. The Bertz CT molecular complexity index is 622. The van der Waals surface area contributed by atoms with Crippen molar-refractivity contribution < 1.29 is 10.0 Å². The predicted octanol–water partition coefficient (Wildman–Crippen LogP) is 1.20. The summed E-state index contributed by atoms with van der Waals surface area (Å²) in [5.74, 6) is 5.52. The fourth-order valence-electron chi connectivity index (χ4n) is 1.43. The number of pyridine rings is 1. The van der Waals surface area contributed by atoms with Crippen LogP contribution < -0.4 is 0 Å². The van der Waals surface area contributed by atoms with Crippen molar-refractivity contribution in [3.05, 3.63) is 34.1 Å². The summed E-state index contributed by atoms with van der Waals surface area (Å²) in [4.78, 5) is 17.0. The minimum absolute atomic E-state index is 0.00697. The van der Waals surface area contributed by atoms with Gasteiger partial charge in [0.1, 0.15) is 5.65 Å². The highest BCUT2D eigenvalue weighted by Crippen LogP contribution is 2.23. The van der Waals surface area contributed by atoms with Gasteiger partial charge in [-0.05, 0) is 6.07 Å². The van der Waals surface area contributed by atoms with E-state index >= 15 is 0 Å². The molecule has 2 heterocycles. The van der Waals surface area contributed by atoms with E-state index in [0.29, 0.717) is 23.0 Å². The molecule has 0 aliphatic carbocycles. The third kappa shape index (κ3) is 2.24. The second-order valence-electron chi connectivity index (χ2n) is 3.33. The van der Waals surface area contributed by atoms with E-state index in [-0.39, 0.29) is 12.3 Å². The van der Waals surface area contributed by atoms with Crippen LogP contribution in [0.2, 0.25) is 0 Å². The molecule has 17 heavy (non-hydrogen) atoms. The Labute approximate surface area is 96.4 Å². The number of rotatable bonds is 2. The molecule has 86 valence electrons. The van der Waals surface area contributed by atoms with Crippen LogP contribution in [0.3, 0.4) is 0 Å². The average molecular weight is 231 g/mol. The number of nitrogens with one attached hydrogen (secondary N) is 1. The molecule has 2 N–H and O–H groups in total. The normalized spacial score (nSPS) is 9.94. The minimum atomic E-state index is -0.467. The van der Waals surface area contributed by atoms with Crippen LogP contribution in [0, 0.1) is 22.0 Å². The lowest BCUT2D eigenvalue weighted by molar-refractivity contribution is -0.383. The lowest BCUT2D eigenvalue weighted by atomic mass is 10.2. The highest BCUT2D eigenvalue weighted by Gasteiger charge is 2.14. The lowest BCUT2D eigenvalue weighted by Gasteiger charge is -1.91. The summed E-state index contributed by atoms with van der Waals surface area (Å²) in [5.41, 5.74) is 1.04. The molecule has 0 saturated carbocycles. The molecule has 0 bridgehead atoms. The summed E-state index contributed by atoms with van der Waals surface area (Å²) in [6, 6.07) is 1.61. The van der Waals surface area contributed by atoms with E-state index in [1.54, 1.807) is 6.07 Å². The van der Waals surface area contributed by atoms with Crippen LogP contribution in [0.25, 0.3) is 11.0 Å². The van der Waals surface area contributed by atoms with Gasteiger partial charge in [0.05, 0.1) is 23.1 Å². The van der Waals surface area contributed by atoms with Crippen LogP contribution in [0.15, 0.2) is 18.5 Å². The number of hydrogen-bond acceptors (Lipinski definition) is 4. The zero-order chi connectivity index (χ0) is 12.3. The molecule has 0 spiro atoms. The topological polar surface area (TPSA) is 92.0 Å². The molecule has 2 aromatic rings. The van der Waals surface area contributed by atoms with Crippen LogP contribution in [0.4, 0.5) is 5.69 Å². The Morgan fingerprint density at radius 3 is 3.12 bits per heavy atom. The highest BCUT2D eigenvalue weighted by molar-refractivity contribution is 5.86. The highest BCUT2D eigenvalue weighted by atomic mass is 16.6. The summed E-state index contributed by atoms with van der Waals surface area (Å²) < 4.78 is 0. The number of fused-ring (bicyclic) bond motifs is 1. The van der Waals surface area contributed by atoms with Crippen molar-refractivity contribution in [1.82, 2.24) is 9.97 Å². The summed E-state index contributed by atoms with van der Waals surface area (Å²) in [7, 11) is 0. The number of hydrogen-bond donors (Lipinski definition) is 2. The molecule has 0 aliphatic rings. The summed E-state index contributed by atoms with van der Waals surface area (Å²) in [5, 5.41) is 19.8. The average Bonchev–Trinajstić information content (AvgIpc) is 2.72. The first-order valence-electron chi connectivity index (χ1n) is 4.93. The van der Waals surface area contributed by atoms with Crippen molar-refractivity contribution in [3.63, 3.8) is 0 Å². The number of nitrogens with zero attached hydrogens (tertiary/aromatic N) is 2. The van der Waals surface area contributed by atoms with Gasteiger partial charge in [-0.1, -0.05) is 11.8 Å². The van der Waals surface area contributed by atoms with Gasteiger partial charge in [-0.15, -0.1) is 0 Å². The third-order valence-electron chi connectivity index (χ3n) is 2.18. The van der Waals surface area contributed by atoms with E-state index in [1.807, 2.05) is 0 Å². The predicted molar refractivity (Wildman–Crippen MR) is 61.3 cm³/mol. The largest absolute Gasteiger partial charge is 0.395 e. The summed E-state index contributed by atoms with van der Waals surface area (Å²) >= 11 is 0. The van der Waals surface area contributed by atoms with E-state index < -0.39 is 4.92 Å². The SMILES string of the molecule is O=[N+]([O-])c1c[nH]c2ncc(C#CCCO)cc12. The van der Waals surface area contributed by atoms with Gasteiger partial charge in [-0.3, -0.25) is 10.1 Å². The monoisotopic (exact) mass is 231 g/mol. The fraction of sp³-hybridized carbons (Fsp3) is 0.182. The number of aromatic amines is 1. The number of aromatic nitrogens is 2. The maximum atomic E-state index is 10.7. The molecule has 6 heteroatoms. The number of aliphatic hydroxyl groups excluding tert-OH is 1. The van der Waals surface area contributed by atoms with Crippen molar-refractivity contribution in [2.75, 3.05) is 6.61 Å². The van der Waals surface area contributed by atoms with Crippen LogP contribution in [-0.2, 0) is 0 Å². The Balaban J connectivity index is 2.45. The molecule has 2 rings (SSSR count). The number of aliphatic hydroxyl groups is 1. The Hall–Kier alpha value is -2.39. The molecule has 0 atom stereocenters. The van der Waals surface area contributed by atoms with E-state index in [4.69, 9.17) is 5.11 Å². The van der Waals surface area contributed by atoms with Crippen LogP contribution >= 0.6 is 0 Å². The van der Waals surface area contributed by atoms with Crippen molar-refractivity contribution in [2.24, 2.45) is 0 Å². The zero-order valence-electron chi connectivity index (χ0n) is 8.80. The molecule has 2 aromatic heterocycles. The Morgan fingerprint density at radius 2 is 2.41 bits per heavy atom.